The molecule has 19 heavy (non-hydrogen) atoms. The zero-order valence-electron chi connectivity index (χ0n) is 10.4. The Morgan fingerprint density at radius 2 is 1.58 bits per heavy atom. The largest absolute Gasteiger partial charge is 0.481 e. The number of piperazine rings is 1. The highest BCUT2D eigenvalue weighted by Gasteiger charge is 2.39. The molecule has 7 nitrogen and oxygen atoms in total. The predicted octanol–water partition coefficient (Wildman–Crippen LogP) is -0.638. The maximum Gasteiger partial charge on any atom is 0.307 e. The molecule has 7 heteroatoms. The summed E-state index contributed by atoms with van der Waals surface area (Å²) in [4.78, 5) is 47.1. The quantitative estimate of drug-likeness (QED) is 0.648. The molecule has 2 aliphatic rings. The van der Waals surface area contributed by atoms with E-state index in [0.29, 0.717) is 12.8 Å². The maximum absolute atomic E-state index is 12.3. The highest BCUT2D eigenvalue weighted by atomic mass is 16.4. The van der Waals surface area contributed by atoms with Crippen LogP contribution in [0.5, 0.6) is 0 Å². The normalized spacial score (nSPS) is 27.9. The van der Waals surface area contributed by atoms with Crippen molar-refractivity contribution in [2.75, 3.05) is 13.1 Å². The van der Waals surface area contributed by atoms with E-state index in [0.717, 1.165) is 17.7 Å². The lowest BCUT2D eigenvalue weighted by atomic mass is 9.78. The Morgan fingerprint density at radius 1 is 1.05 bits per heavy atom. The number of hydrogen-bond acceptors (Lipinski definition) is 4. The molecule has 2 fully saturated rings. The van der Waals surface area contributed by atoms with Crippen molar-refractivity contribution in [2.45, 2.75) is 25.7 Å². The summed E-state index contributed by atoms with van der Waals surface area (Å²) in [6.45, 7) is -0.346. The molecule has 1 aliphatic carbocycles. The van der Waals surface area contributed by atoms with Gasteiger partial charge in [0.05, 0.1) is 11.8 Å². The van der Waals surface area contributed by atoms with Crippen LogP contribution in [0.1, 0.15) is 25.7 Å². The molecule has 104 valence electrons. The van der Waals surface area contributed by atoms with Gasteiger partial charge in [0.2, 0.25) is 17.7 Å². The minimum atomic E-state index is -0.981. The summed E-state index contributed by atoms with van der Waals surface area (Å²) in [6, 6.07) is 0. The highest BCUT2D eigenvalue weighted by Crippen LogP contribution is 2.31. The van der Waals surface area contributed by atoms with Crippen molar-refractivity contribution in [1.82, 2.24) is 10.2 Å². The number of hydrogen-bond donors (Lipinski definition) is 2. The first-order valence-electron chi connectivity index (χ1n) is 6.33. The molecule has 1 saturated heterocycles. The van der Waals surface area contributed by atoms with Crippen LogP contribution < -0.4 is 5.32 Å². The monoisotopic (exact) mass is 268 g/mol. The second kappa shape index (κ2) is 5.38. The van der Waals surface area contributed by atoms with E-state index in [-0.39, 0.29) is 13.1 Å². The molecule has 0 spiro atoms. The topological polar surface area (TPSA) is 104 Å². The molecule has 0 radical (unpaired) electrons. The molecule has 1 saturated carbocycles. The van der Waals surface area contributed by atoms with Gasteiger partial charge in [0.15, 0.2) is 0 Å². The molecule has 1 heterocycles. The number of aliphatic carboxylic acids is 1. The lowest BCUT2D eigenvalue weighted by Gasteiger charge is -2.33. The van der Waals surface area contributed by atoms with Crippen molar-refractivity contribution in [1.29, 1.82) is 0 Å². The number of nitrogens with one attached hydrogen (secondary N) is 1. The number of amides is 3. The van der Waals surface area contributed by atoms with E-state index in [1.54, 1.807) is 0 Å². The molecule has 0 aromatic carbocycles. The van der Waals surface area contributed by atoms with Crippen molar-refractivity contribution >= 4 is 23.7 Å². The number of carboxylic acids is 1. The zero-order valence-corrected chi connectivity index (χ0v) is 10.4. The third-order valence-corrected chi connectivity index (χ3v) is 3.66. The maximum atomic E-state index is 12.3. The fourth-order valence-corrected chi connectivity index (χ4v) is 2.75. The number of carbonyl (C=O) groups is 4. The molecule has 0 bridgehead atoms. The van der Waals surface area contributed by atoms with Gasteiger partial charge in [-0.05, 0) is 12.8 Å². The first-order valence-corrected chi connectivity index (χ1v) is 6.33. The van der Waals surface area contributed by atoms with Crippen LogP contribution >= 0.6 is 0 Å². The predicted molar refractivity (Wildman–Crippen MR) is 62.8 cm³/mol. The van der Waals surface area contributed by atoms with Crippen molar-refractivity contribution in [3.63, 3.8) is 0 Å². The van der Waals surface area contributed by atoms with Crippen LogP contribution in [0.15, 0.2) is 0 Å². The minimum absolute atomic E-state index is 0.173. The van der Waals surface area contributed by atoms with Gasteiger partial charge in [-0.1, -0.05) is 12.8 Å². The van der Waals surface area contributed by atoms with Crippen LogP contribution in [-0.2, 0) is 19.2 Å². The number of rotatable bonds is 2. The number of imide groups is 1. The first kappa shape index (κ1) is 13.5. The van der Waals surface area contributed by atoms with Gasteiger partial charge in [0, 0.05) is 0 Å². The lowest BCUT2D eigenvalue weighted by molar-refractivity contribution is -0.155. The van der Waals surface area contributed by atoms with E-state index in [1.807, 2.05) is 0 Å². The fourth-order valence-electron chi connectivity index (χ4n) is 2.75. The van der Waals surface area contributed by atoms with Gasteiger partial charge >= 0.3 is 5.97 Å². The van der Waals surface area contributed by atoms with E-state index in [4.69, 9.17) is 5.11 Å². The summed E-state index contributed by atoms with van der Waals surface area (Å²) >= 11 is 0. The second-order valence-electron chi connectivity index (χ2n) is 5.00. The Balaban J connectivity index is 2.10. The molecule has 1 aliphatic heterocycles. The summed E-state index contributed by atoms with van der Waals surface area (Å²) in [5, 5.41) is 11.3. The van der Waals surface area contributed by atoms with Gasteiger partial charge in [0.1, 0.15) is 13.1 Å². The van der Waals surface area contributed by atoms with Crippen molar-refractivity contribution in [2.24, 2.45) is 11.8 Å². The van der Waals surface area contributed by atoms with Gasteiger partial charge in [-0.3, -0.25) is 24.5 Å². The SMILES string of the molecule is O=C1CN(C(=O)C2CCCCC2C(=O)O)CC(=O)N1. The molecule has 2 N–H and O–H groups in total. The summed E-state index contributed by atoms with van der Waals surface area (Å²) in [7, 11) is 0. The Hall–Kier alpha value is -1.92. The highest BCUT2D eigenvalue weighted by molar-refractivity contribution is 6.03. The number of carbonyl (C=O) groups excluding carboxylic acids is 3. The number of carboxylic acid groups (broad SMARTS) is 1. The lowest BCUT2D eigenvalue weighted by Crippen LogP contribution is -2.55. The summed E-state index contributed by atoms with van der Waals surface area (Å²) < 4.78 is 0. The van der Waals surface area contributed by atoms with Gasteiger partial charge in [-0.2, -0.15) is 0 Å². The van der Waals surface area contributed by atoms with Crippen molar-refractivity contribution in [3.8, 4) is 0 Å². The van der Waals surface area contributed by atoms with E-state index >= 15 is 0 Å². The van der Waals surface area contributed by atoms with E-state index < -0.39 is 35.5 Å². The summed E-state index contributed by atoms with van der Waals surface area (Å²) in [6.07, 6.45) is 2.57. The van der Waals surface area contributed by atoms with Crippen molar-refractivity contribution < 1.29 is 24.3 Å². The van der Waals surface area contributed by atoms with E-state index in [9.17, 15) is 19.2 Å². The second-order valence-corrected chi connectivity index (χ2v) is 5.00. The van der Waals surface area contributed by atoms with Crippen LogP contribution in [0.4, 0.5) is 0 Å². The number of nitrogens with zero attached hydrogens (tertiary/aromatic N) is 1. The molecule has 2 rings (SSSR count). The molecule has 3 amide bonds. The Kier molecular flexibility index (Phi) is 3.82. The fraction of sp³-hybridized carbons (Fsp3) is 0.667. The molecule has 0 aromatic rings. The van der Waals surface area contributed by atoms with Crippen LogP contribution in [0.3, 0.4) is 0 Å². The summed E-state index contributed by atoms with van der Waals surface area (Å²) in [5.74, 6) is -3.74. The Labute approximate surface area is 109 Å². The van der Waals surface area contributed by atoms with Crippen molar-refractivity contribution in [3.05, 3.63) is 0 Å². The van der Waals surface area contributed by atoms with Crippen LogP contribution in [0.2, 0.25) is 0 Å². The van der Waals surface area contributed by atoms with Gasteiger partial charge in [0.25, 0.3) is 0 Å². The third kappa shape index (κ3) is 2.91. The zero-order chi connectivity index (χ0) is 14.0. The van der Waals surface area contributed by atoms with Crippen LogP contribution in [0, 0.1) is 11.8 Å². The van der Waals surface area contributed by atoms with Gasteiger partial charge in [-0.25, -0.2) is 0 Å². The average molecular weight is 268 g/mol. The average Bonchev–Trinajstić information content (AvgIpc) is 2.36. The Morgan fingerprint density at radius 3 is 2.11 bits per heavy atom. The first-order chi connectivity index (χ1) is 8.99. The molecule has 0 aromatic heterocycles. The summed E-state index contributed by atoms with van der Waals surface area (Å²) in [5.41, 5.74) is 0. The standard InChI is InChI=1S/C12H16N2O5/c15-9-5-14(6-10(16)13-9)11(17)7-3-1-2-4-8(7)12(18)19/h7-8H,1-6H2,(H,18,19)(H,13,15,16). The molecule has 2 atom stereocenters. The minimum Gasteiger partial charge on any atom is -0.481 e. The Bertz CT molecular complexity index is 418. The van der Waals surface area contributed by atoms with E-state index in [1.165, 1.54) is 0 Å². The van der Waals surface area contributed by atoms with Crippen LogP contribution in [-0.4, -0.2) is 46.8 Å². The van der Waals surface area contributed by atoms with Gasteiger partial charge < -0.3 is 10.0 Å². The van der Waals surface area contributed by atoms with Gasteiger partial charge in [-0.15, -0.1) is 0 Å². The van der Waals surface area contributed by atoms with E-state index in [2.05, 4.69) is 5.32 Å². The third-order valence-electron chi connectivity index (χ3n) is 3.66. The molecular formula is C12H16N2O5. The molecular weight excluding hydrogens is 252 g/mol. The smallest absolute Gasteiger partial charge is 0.307 e. The van der Waals surface area contributed by atoms with Crippen LogP contribution in [0.25, 0.3) is 0 Å². The molecule has 2 unspecified atom stereocenters.